The summed E-state index contributed by atoms with van der Waals surface area (Å²) in [6.45, 7) is 2.68. The van der Waals surface area contributed by atoms with E-state index in [0.717, 1.165) is 30.8 Å². The van der Waals surface area contributed by atoms with Crippen LogP contribution in [0.4, 0.5) is 5.69 Å². The van der Waals surface area contributed by atoms with Crippen LogP contribution in [0.15, 0.2) is 46.9 Å². The van der Waals surface area contributed by atoms with Gasteiger partial charge in [-0.1, -0.05) is 18.2 Å². The lowest BCUT2D eigenvalue weighted by molar-refractivity contribution is -0.115. The van der Waals surface area contributed by atoms with Gasteiger partial charge in [0, 0.05) is 18.3 Å². The lowest BCUT2D eigenvalue weighted by atomic mass is 10.0. The molecule has 3 rings (SSSR count). The minimum Gasteiger partial charge on any atom is -0.462 e. The van der Waals surface area contributed by atoms with Crippen LogP contribution in [0.2, 0.25) is 0 Å². The number of thiocarbonyl (C=S) groups is 1. The first-order valence-electron chi connectivity index (χ1n) is 7.58. The minimum absolute atomic E-state index is 0.257. The van der Waals surface area contributed by atoms with Gasteiger partial charge in [-0.25, -0.2) is 0 Å². The van der Waals surface area contributed by atoms with Gasteiger partial charge in [-0.2, -0.15) is 0 Å². The Balaban J connectivity index is 1.65. The Morgan fingerprint density at radius 1 is 1.30 bits per heavy atom. The van der Waals surface area contributed by atoms with Crippen molar-refractivity contribution >= 4 is 35.0 Å². The van der Waals surface area contributed by atoms with E-state index in [9.17, 15) is 4.79 Å². The quantitative estimate of drug-likeness (QED) is 0.678. The molecule has 0 aliphatic carbocycles. The molecule has 0 saturated carbocycles. The number of anilines is 1. The number of aryl methyl sites for hydroxylation is 2. The Morgan fingerprint density at radius 3 is 2.91 bits per heavy atom. The Hall–Kier alpha value is -2.40. The highest BCUT2D eigenvalue weighted by molar-refractivity contribution is 7.80. The molecule has 2 aromatic rings. The summed E-state index contributed by atoms with van der Waals surface area (Å²) in [5.41, 5.74) is 2.34. The SMILES string of the molecule is Cc1ccc(C=CC(=O)NC(=S)N2CCCc3ccccc32)o1. The Kier molecular flexibility index (Phi) is 4.57. The first-order chi connectivity index (χ1) is 11.1. The molecule has 0 radical (unpaired) electrons. The van der Waals surface area contributed by atoms with E-state index in [4.69, 9.17) is 16.6 Å². The molecular formula is C18H18N2O2S. The largest absolute Gasteiger partial charge is 0.462 e. The summed E-state index contributed by atoms with van der Waals surface area (Å²) < 4.78 is 5.39. The van der Waals surface area contributed by atoms with Gasteiger partial charge in [0.1, 0.15) is 11.5 Å². The van der Waals surface area contributed by atoms with Crippen molar-refractivity contribution in [3.05, 3.63) is 59.6 Å². The van der Waals surface area contributed by atoms with Crippen molar-refractivity contribution in [2.45, 2.75) is 19.8 Å². The molecular weight excluding hydrogens is 308 g/mol. The maximum atomic E-state index is 12.0. The first-order valence-corrected chi connectivity index (χ1v) is 7.99. The van der Waals surface area contributed by atoms with Gasteiger partial charge in [-0.3, -0.25) is 10.1 Å². The van der Waals surface area contributed by atoms with Crippen LogP contribution in [-0.4, -0.2) is 17.6 Å². The smallest absolute Gasteiger partial charge is 0.250 e. The van der Waals surface area contributed by atoms with Gasteiger partial charge in [-0.15, -0.1) is 0 Å². The van der Waals surface area contributed by atoms with Gasteiger partial charge < -0.3 is 9.32 Å². The fourth-order valence-corrected chi connectivity index (χ4v) is 2.95. The number of fused-ring (bicyclic) bond motifs is 1. The van der Waals surface area contributed by atoms with Crippen LogP contribution in [0, 0.1) is 6.92 Å². The number of nitrogens with zero attached hydrogens (tertiary/aromatic N) is 1. The standard InChI is InChI=1S/C18H18N2O2S/c1-13-8-9-15(22-13)10-11-17(21)19-18(23)20-12-4-6-14-5-2-3-7-16(14)20/h2-3,5,7-11H,4,6,12H2,1H3,(H,19,21,23). The summed E-state index contributed by atoms with van der Waals surface area (Å²) in [5, 5.41) is 3.19. The van der Waals surface area contributed by atoms with E-state index in [1.165, 1.54) is 11.6 Å². The minimum atomic E-state index is -0.257. The van der Waals surface area contributed by atoms with Crippen LogP contribution in [0.5, 0.6) is 0 Å². The van der Waals surface area contributed by atoms with Crippen LogP contribution in [-0.2, 0) is 11.2 Å². The number of carbonyl (C=O) groups excluding carboxylic acids is 1. The predicted molar refractivity (Wildman–Crippen MR) is 95.3 cm³/mol. The van der Waals surface area contributed by atoms with Gasteiger partial charge in [0.2, 0.25) is 5.91 Å². The zero-order chi connectivity index (χ0) is 16.2. The number of benzene rings is 1. The van der Waals surface area contributed by atoms with Crippen LogP contribution in [0.1, 0.15) is 23.5 Å². The molecule has 23 heavy (non-hydrogen) atoms. The summed E-state index contributed by atoms with van der Waals surface area (Å²) in [4.78, 5) is 14.0. The molecule has 2 heterocycles. The normalized spacial score (nSPS) is 13.9. The van der Waals surface area contributed by atoms with Gasteiger partial charge in [0.05, 0.1) is 0 Å². The van der Waals surface area contributed by atoms with E-state index in [0.29, 0.717) is 10.9 Å². The summed E-state index contributed by atoms with van der Waals surface area (Å²) in [7, 11) is 0. The Labute approximate surface area is 140 Å². The number of hydrogen-bond donors (Lipinski definition) is 1. The highest BCUT2D eigenvalue weighted by atomic mass is 32.1. The fourth-order valence-electron chi connectivity index (χ4n) is 2.66. The van der Waals surface area contributed by atoms with E-state index < -0.39 is 0 Å². The van der Waals surface area contributed by atoms with Crippen molar-refractivity contribution in [3.8, 4) is 0 Å². The third kappa shape index (κ3) is 3.68. The molecule has 0 fully saturated rings. The number of rotatable bonds is 2. The first kappa shape index (κ1) is 15.5. The second-order valence-corrected chi connectivity index (χ2v) is 5.85. The van der Waals surface area contributed by atoms with Crippen LogP contribution in [0.3, 0.4) is 0 Å². The molecule has 5 heteroatoms. The molecule has 0 saturated heterocycles. The lowest BCUT2D eigenvalue weighted by Gasteiger charge is -2.31. The van der Waals surface area contributed by atoms with Crippen molar-refractivity contribution in [2.24, 2.45) is 0 Å². The van der Waals surface area contributed by atoms with E-state index in [1.807, 2.05) is 42.2 Å². The van der Waals surface area contributed by atoms with Crippen LogP contribution >= 0.6 is 12.2 Å². The van der Waals surface area contributed by atoms with Crippen molar-refractivity contribution in [1.29, 1.82) is 0 Å². The number of para-hydroxylation sites is 1. The van der Waals surface area contributed by atoms with E-state index in [2.05, 4.69) is 11.4 Å². The molecule has 0 bridgehead atoms. The Bertz CT molecular complexity index is 764. The number of furan rings is 1. The van der Waals surface area contributed by atoms with Gasteiger partial charge in [-0.05, 0) is 61.8 Å². The highest BCUT2D eigenvalue weighted by Gasteiger charge is 2.20. The summed E-state index contributed by atoms with van der Waals surface area (Å²) >= 11 is 5.40. The van der Waals surface area contributed by atoms with Gasteiger partial charge in [0.15, 0.2) is 5.11 Å². The van der Waals surface area contributed by atoms with Crippen molar-refractivity contribution < 1.29 is 9.21 Å². The maximum Gasteiger partial charge on any atom is 0.250 e. The zero-order valence-corrected chi connectivity index (χ0v) is 13.7. The van der Waals surface area contributed by atoms with Crippen molar-refractivity contribution in [2.75, 3.05) is 11.4 Å². The molecule has 0 atom stereocenters. The summed E-state index contributed by atoms with van der Waals surface area (Å²) in [6, 6.07) is 11.8. The number of hydrogen-bond acceptors (Lipinski definition) is 3. The molecule has 1 aromatic heterocycles. The van der Waals surface area contributed by atoms with Gasteiger partial charge >= 0.3 is 0 Å². The average molecular weight is 326 g/mol. The lowest BCUT2D eigenvalue weighted by Crippen LogP contribution is -2.44. The molecule has 1 aliphatic rings. The highest BCUT2D eigenvalue weighted by Crippen LogP contribution is 2.26. The number of nitrogens with one attached hydrogen (secondary N) is 1. The number of carbonyl (C=O) groups is 1. The van der Waals surface area contributed by atoms with E-state index >= 15 is 0 Å². The molecule has 1 N–H and O–H groups in total. The summed E-state index contributed by atoms with van der Waals surface area (Å²) in [6.07, 6.45) is 5.13. The monoisotopic (exact) mass is 326 g/mol. The van der Waals surface area contributed by atoms with E-state index in [1.54, 1.807) is 6.08 Å². The average Bonchev–Trinajstić information content (AvgIpc) is 2.98. The fraction of sp³-hybridized carbons (Fsp3) is 0.222. The second-order valence-electron chi connectivity index (χ2n) is 5.46. The predicted octanol–water partition coefficient (Wildman–Crippen LogP) is 3.46. The molecule has 1 aromatic carbocycles. The molecule has 1 aliphatic heterocycles. The third-order valence-electron chi connectivity index (χ3n) is 3.75. The molecule has 0 spiro atoms. The van der Waals surface area contributed by atoms with Crippen molar-refractivity contribution in [1.82, 2.24) is 5.32 Å². The third-order valence-corrected chi connectivity index (χ3v) is 4.07. The van der Waals surface area contributed by atoms with E-state index in [-0.39, 0.29) is 5.91 Å². The summed E-state index contributed by atoms with van der Waals surface area (Å²) in [5.74, 6) is 1.20. The van der Waals surface area contributed by atoms with Crippen LogP contribution in [0.25, 0.3) is 6.08 Å². The second kappa shape index (κ2) is 6.79. The van der Waals surface area contributed by atoms with Gasteiger partial charge in [0.25, 0.3) is 0 Å². The topological polar surface area (TPSA) is 45.5 Å². The molecule has 1 amide bonds. The molecule has 0 unspecified atom stereocenters. The zero-order valence-electron chi connectivity index (χ0n) is 12.9. The Morgan fingerprint density at radius 2 is 2.13 bits per heavy atom. The molecule has 4 nitrogen and oxygen atoms in total. The number of amides is 1. The van der Waals surface area contributed by atoms with Crippen molar-refractivity contribution in [3.63, 3.8) is 0 Å². The molecule has 118 valence electrons. The maximum absolute atomic E-state index is 12.0. The van der Waals surface area contributed by atoms with Crippen LogP contribution < -0.4 is 10.2 Å².